The summed E-state index contributed by atoms with van der Waals surface area (Å²) in [7, 11) is 3.70. The lowest BCUT2D eigenvalue weighted by Crippen LogP contribution is -2.11. The minimum atomic E-state index is 0.392. The number of methoxy groups -OCH3 is 1. The van der Waals surface area contributed by atoms with Crippen LogP contribution in [-0.4, -0.2) is 14.2 Å². The van der Waals surface area contributed by atoms with E-state index in [1.165, 1.54) is 16.0 Å². The van der Waals surface area contributed by atoms with E-state index in [9.17, 15) is 0 Å². The number of hydrogen-bond donors (Lipinski definition) is 1. The molecule has 1 atom stereocenters. The molecule has 0 bridgehead atoms. The van der Waals surface area contributed by atoms with Crippen molar-refractivity contribution in [3.8, 4) is 5.75 Å². The van der Waals surface area contributed by atoms with Crippen LogP contribution in [-0.2, 0) is 5.75 Å². The molecule has 0 saturated carbocycles. The molecule has 1 N–H and O–H groups in total. The third-order valence-electron chi connectivity index (χ3n) is 3.40. The molecule has 2 aromatic carbocycles. The number of thioether (sulfide) groups is 1. The van der Waals surface area contributed by atoms with Gasteiger partial charge in [-0.25, -0.2) is 0 Å². The van der Waals surface area contributed by atoms with E-state index < -0.39 is 0 Å². The predicted molar refractivity (Wildman–Crippen MR) is 86.5 cm³/mol. The first-order valence-corrected chi connectivity index (χ1v) is 7.75. The molecule has 2 rings (SSSR count). The molecule has 0 radical (unpaired) electrons. The highest BCUT2D eigenvalue weighted by Gasteiger charge is 2.04. The first-order valence-electron chi connectivity index (χ1n) is 6.76. The molecule has 0 fully saturated rings. The van der Waals surface area contributed by atoms with Gasteiger partial charge in [0.15, 0.2) is 0 Å². The topological polar surface area (TPSA) is 21.3 Å². The van der Waals surface area contributed by atoms with Crippen molar-refractivity contribution in [3.05, 3.63) is 59.7 Å². The summed E-state index contributed by atoms with van der Waals surface area (Å²) in [4.78, 5) is 1.28. The summed E-state index contributed by atoms with van der Waals surface area (Å²) in [6.45, 7) is 2.16. The zero-order chi connectivity index (χ0) is 14.4. The molecular weight excluding hydrogens is 266 g/mol. The van der Waals surface area contributed by atoms with Crippen LogP contribution in [0.3, 0.4) is 0 Å². The molecule has 0 spiro atoms. The van der Waals surface area contributed by atoms with E-state index in [2.05, 4.69) is 48.6 Å². The largest absolute Gasteiger partial charge is 0.496 e. The summed E-state index contributed by atoms with van der Waals surface area (Å²) < 4.78 is 5.38. The Morgan fingerprint density at radius 1 is 1.10 bits per heavy atom. The lowest BCUT2D eigenvalue weighted by Gasteiger charge is -2.11. The van der Waals surface area contributed by atoms with Gasteiger partial charge in [-0.15, -0.1) is 11.8 Å². The number of nitrogens with one attached hydrogen (secondary N) is 1. The van der Waals surface area contributed by atoms with E-state index in [1.807, 2.05) is 30.9 Å². The summed E-state index contributed by atoms with van der Waals surface area (Å²) in [5, 5.41) is 3.25. The van der Waals surface area contributed by atoms with Gasteiger partial charge in [0.2, 0.25) is 0 Å². The Morgan fingerprint density at radius 3 is 2.45 bits per heavy atom. The van der Waals surface area contributed by atoms with Gasteiger partial charge in [-0.1, -0.05) is 30.3 Å². The monoisotopic (exact) mass is 287 g/mol. The average molecular weight is 287 g/mol. The molecule has 106 valence electrons. The molecule has 3 heteroatoms. The van der Waals surface area contributed by atoms with E-state index in [0.717, 1.165) is 11.5 Å². The molecule has 2 nitrogen and oxygen atoms in total. The standard InChI is InChI=1S/C17H21NOS/c1-13(18-2)14-8-10-16(11-9-14)20-12-15-6-4-5-7-17(15)19-3/h4-11,13,18H,12H2,1-3H3. The van der Waals surface area contributed by atoms with Crippen molar-refractivity contribution in [1.82, 2.24) is 5.32 Å². The van der Waals surface area contributed by atoms with Crippen molar-refractivity contribution in [2.24, 2.45) is 0 Å². The predicted octanol–water partition coefficient (Wildman–Crippen LogP) is 4.27. The minimum Gasteiger partial charge on any atom is -0.496 e. The molecule has 2 aromatic rings. The summed E-state index contributed by atoms with van der Waals surface area (Å²) in [5.41, 5.74) is 2.54. The van der Waals surface area contributed by atoms with Crippen molar-refractivity contribution in [3.63, 3.8) is 0 Å². The third-order valence-corrected chi connectivity index (χ3v) is 4.46. The maximum absolute atomic E-state index is 5.38. The third kappa shape index (κ3) is 3.78. The van der Waals surface area contributed by atoms with Gasteiger partial charge in [0, 0.05) is 22.3 Å². The summed E-state index contributed by atoms with van der Waals surface area (Å²) in [5.74, 6) is 1.88. The summed E-state index contributed by atoms with van der Waals surface area (Å²) in [6, 6.07) is 17.3. The highest BCUT2D eigenvalue weighted by molar-refractivity contribution is 7.98. The number of rotatable bonds is 6. The van der Waals surface area contributed by atoms with Crippen LogP contribution in [0.5, 0.6) is 5.75 Å². The lowest BCUT2D eigenvalue weighted by molar-refractivity contribution is 0.411. The fourth-order valence-electron chi connectivity index (χ4n) is 2.00. The van der Waals surface area contributed by atoms with E-state index in [1.54, 1.807) is 7.11 Å². The Bertz CT molecular complexity index is 539. The van der Waals surface area contributed by atoms with Crippen molar-refractivity contribution in [1.29, 1.82) is 0 Å². The number of para-hydroxylation sites is 1. The highest BCUT2D eigenvalue weighted by atomic mass is 32.2. The van der Waals surface area contributed by atoms with Crippen LogP contribution >= 0.6 is 11.8 Å². The average Bonchev–Trinajstić information content (AvgIpc) is 2.53. The van der Waals surface area contributed by atoms with Crippen LogP contribution in [0, 0.1) is 0 Å². The molecule has 20 heavy (non-hydrogen) atoms. The van der Waals surface area contributed by atoms with E-state index >= 15 is 0 Å². The molecule has 0 heterocycles. The van der Waals surface area contributed by atoms with Gasteiger partial charge in [-0.3, -0.25) is 0 Å². The maximum Gasteiger partial charge on any atom is 0.122 e. The van der Waals surface area contributed by atoms with Gasteiger partial charge < -0.3 is 10.1 Å². The van der Waals surface area contributed by atoms with Crippen LogP contribution in [0.25, 0.3) is 0 Å². The molecular formula is C17H21NOS. The van der Waals surface area contributed by atoms with Crippen molar-refractivity contribution >= 4 is 11.8 Å². The van der Waals surface area contributed by atoms with Crippen molar-refractivity contribution < 1.29 is 4.74 Å². The van der Waals surface area contributed by atoms with Crippen molar-refractivity contribution in [2.45, 2.75) is 23.6 Å². The Hall–Kier alpha value is -1.45. The fourth-order valence-corrected chi connectivity index (χ4v) is 2.89. The van der Waals surface area contributed by atoms with Gasteiger partial charge in [0.25, 0.3) is 0 Å². The Kier molecular flexibility index (Phi) is 5.50. The Morgan fingerprint density at radius 2 is 1.80 bits per heavy atom. The molecule has 0 saturated heterocycles. The van der Waals surface area contributed by atoms with Crippen molar-refractivity contribution in [2.75, 3.05) is 14.2 Å². The Labute approximate surface area is 125 Å². The zero-order valence-electron chi connectivity index (χ0n) is 12.2. The van der Waals surface area contributed by atoms with E-state index in [4.69, 9.17) is 4.74 Å². The normalized spacial score (nSPS) is 12.2. The van der Waals surface area contributed by atoms with Crippen LogP contribution in [0.15, 0.2) is 53.4 Å². The van der Waals surface area contributed by atoms with Gasteiger partial charge in [0.05, 0.1) is 7.11 Å². The number of benzene rings is 2. The van der Waals surface area contributed by atoms with Crippen LogP contribution in [0.2, 0.25) is 0 Å². The SMILES string of the molecule is CNC(C)c1ccc(SCc2ccccc2OC)cc1. The fraction of sp³-hybridized carbons (Fsp3) is 0.294. The van der Waals surface area contributed by atoms with Crippen LogP contribution < -0.4 is 10.1 Å². The maximum atomic E-state index is 5.38. The molecule has 0 aliphatic rings. The summed E-state index contributed by atoms with van der Waals surface area (Å²) >= 11 is 1.83. The van der Waals surface area contributed by atoms with Gasteiger partial charge in [-0.05, 0) is 37.7 Å². The van der Waals surface area contributed by atoms with E-state index in [-0.39, 0.29) is 0 Å². The second-order valence-corrected chi connectivity index (χ2v) is 5.73. The molecule has 0 aromatic heterocycles. The molecule has 0 aliphatic heterocycles. The Balaban J connectivity index is 2.00. The minimum absolute atomic E-state index is 0.392. The smallest absolute Gasteiger partial charge is 0.122 e. The van der Waals surface area contributed by atoms with Gasteiger partial charge in [-0.2, -0.15) is 0 Å². The molecule has 0 amide bonds. The van der Waals surface area contributed by atoms with Gasteiger partial charge in [0.1, 0.15) is 5.75 Å². The van der Waals surface area contributed by atoms with Crippen LogP contribution in [0.4, 0.5) is 0 Å². The number of ether oxygens (including phenoxy) is 1. The first-order chi connectivity index (χ1) is 9.74. The van der Waals surface area contributed by atoms with E-state index in [0.29, 0.717) is 6.04 Å². The van der Waals surface area contributed by atoms with Gasteiger partial charge >= 0.3 is 0 Å². The second-order valence-electron chi connectivity index (χ2n) is 4.68. The lowest BCUT2D eigenvalue weighted by atomic mass is 10.1. The molecule has 0 aliphatic carbocycles. The summed E-state index contributed by atoms with van der Waals surface area (Å²) in [6.07, 6.45) is 0. The number of hydrogen-bond acceptors (Lipinski definition) is 3. The quantitative estimate of drug-likeness (QED) is 0.802. The highest BCUT2D eigenvalue weighted by Crippen LogP contribution is 2.28. The first kappa shape index (κ1) is 14.9. The zero-order valence-corrected chi connectivity index (χ0v) is 13.0. The second kappa shape index (κ2) is 7.36. The van der Waals surface area contributed by atoms with Crippen LogP contribution in [0.1, 0.15) is 24.1 Å². The molecule has 1 unspecified atom stereocenters.